The molecule has 1 aliphatic rings. The van der Waals surface area contributed by atoms with E-state index in [4.69, 9.17) is 9.47 Å². The smallest absolute Gasteiger partial charge is 0.338 e. The Kier molecular flexibility index (Phi) is 5.76. The van der Waals surface area contributed by atoms with E-state index in [1.807, 2.05) is 0 Å². The van der Waals surface area contributed by atoms with Crippen LogP contribution in [0.5, 0.6) is 5.75 Å². The third kappa shape index (κ3) is 4.28. The Labute approximate surface area is 157 Å². The number of methoxy groups -OCH3 is 1. The molecular weight excluding hydrogens is 373 g/mol. The normalized spacial score (nSPS) is 14.9. The van der Waals surface area contributed by atoms with Gasteiger partial charge in [0.25, 0.3) is 0 Å². The zero-order valence-electron chi connectivity index (χ0n) is 14.9. The fourth-order valence-corrected chi connectivity index (χ4v) is 4.44. The SMILES string of the molecule is COc1ccc(F)cc1COC(=O)c1ccc(S(=O)(=O)N2CCCC2)cc1. The van der Waals surface area contributed by atoms with E-state index < -0.39 is 21.8 Å². The molecule has 2 aromatic rings. The van der Waals surface area contributed by atoms with Crippen molar-refractivity contribution in [3.8, 4) is 5.75 Å². The highest BCUT2D eigenvalue weighted by Crippen LogP contribution is 2.23. The molecule has 3 rings (SSSR count). The Balaban J connectivity index is 1.68. The number of esters is 1. The van der Waals surface area contributed by atoms with Gasteiger partial charge in [-0.2, -0.15) is 4.31 Å². The van der Waals surface area contributed by atoms with Crippen LogP contribution in [0.3, 0.4) is 0 Å². The average molecular weight is 393 g/mol. The number of hydrogen-bond acceptors (Lipinski definition) is 5. The first-order chi connectivity index (χ1) is 12.9. The van der Waals surface area contributed by atoms with Crippen LogP contribution in [0.2, 0.25) is 0 Å². The van der Waals surface area contributed by atoms with Crippen molar-refractivity contribution in [2.24, 2.45) is 0 Å². The fraction of sp³-hybridized carbons (Fsp3) is 0.316. The van der Waals surface area contributed by atoms with E-state index in [-0.39, 0.29) is 17.1 Å². The molecule has 6 nitrogen and oxygen atoms in total. The van der Waals surface area contributed by atoms with E-state index in [2.05, 4.69) is 0 Å². The van der Waals surface area contributed by atoms with Gasteiger partial charge in [0.05, 0.1) is 17.6 Å². The van der Waals surface area contributed by atoms with Gasteiger partial charge >= 0.3 is 5.97 Å². The first-order valence-electron chi connectivity index (χ1n) is 8.51. The number of ether oxygens (including phenoxy) is 2. The molecule has 1 heterocycles. The van der Waals surface area contributed by atoms with Crippen LogP contribution in [-0.4, -0.2) is 38.9 Å². The summed E-state index contributed by atoms with van der Waals surface area (Å²) < 4.78 is 50.1. The molecule has 0 amide bonds. The number of hydrogen-bond donors (Lipinski definition) is 0. The van der Waals surface area contributed by atoms with E-state index in [1.54, 1.807) is 0 Å². The summed E-state index contributed by atoms with van der Waals surface area (Å²) in [7, 11) is -2.08. The zero-order chi connectivity index (χ0) is 19.4. The third-order valence-corrected chi connectivity index (χ3v) is 6.31. The summed E-state index contributed by atoms with van der Waals surface area (Å²) in [6, 6.07) is 9.56. The first kappa shape index (κ1) is 19.3. The molecule has 0 atom stereocenters. The van der Waals surface area contributed by atoms with Crippen LogP contribution in [0, 0.1) is 5.82 Å². The van der Waals surface area contributed by atoms with Gasteiger partial charge in [0.1, 0.15) is 18.2 Å². The van der Waals surface area contributed by atoms with E-state index >= 15 is 0 Å². The molecule has 1 fully saturated rings. The van der Waals surface area contributed by atoms with Crippen LogP contribution in [0.4, 0.5) is 4.39 Å². The fourth-order valence-electron chi connectivity index (χ4n) is 2.93. The summed E-state index contributed by atoms with van der Waals surface area (Å²) >= 11 is 0. The summed E-state index contributed by atoms with van der Waals surface area (Å²) in [6.45, 7) is 0.872. The number of halogens is 1. The quantitative estimate of drug-likeness (QED) is 0.706. The second kappa shape index (κ2) is 8.06. The Bertz CT molecular complexity index is 922. The van der Waals surface area contributed by atoms with E-state index in [0.717, 1.165) is 12.8 Å². The predicted octanol–water partition coefficient (Wildman–Crippen LogP) is 2.98. The molecule has 1 aliphatic heterocycles. The van der Waals surface area contributed by atoms with Gasteiger partial charge < -0.3 is 9.47 Å². The van der Waals surface area contributed by atoms with Gasteiger partial charge in [-0.05, 0) is 55.3 Å². The Morgan fingerprint density at radius 3 is 2.41 bits per heavy atom. The largest absolute Gasteiger partial charge is 0.496 e. The van der Waals surface area contributed by atoms with Crippen molar-refractivity contribution in [1.82, 2.24) is 4.31 Å². The lowest BCUT2D eigenvalue weighted by atomic mass is 10.2. The molecule has 0 aliphatic carbocycles. The van der Waals surface area contributed by atoms with Gasteiger partial charge in [0, 0.05) is 18.7 Å². The number of carbonyl (C=O) groups excluding carboxylic acids is 1. The molecule has 0 saturated carbocycles. The van der Waals surface area contributed by atoms with Crippen LogP contribution in [0.15, 0.2) is 47.4 Å². The molecule has 0 N–H and O–H groups in total. The van der Waals surface area contributed by atoms with Gasteiger partial charge in [-0.3, -0.25) is 0 Å². The summed E-state index contributed by atoms with van der Waals surface area (Å²) in [5.41, 5.74) is 0.616. The van der Waals surface area contributed by atoms with Crippen LogP contribution >= 0.6 is 0 Å². The Hall–Kier alpha value is -2.45. The molecule has 0 unspecified atom stereocenters. The molecule has 1 saturated heterocycles. The van der Waals surface area contributed by atoms with Gasteiger partial charge in [-0.25, -0.2) is 17.6 Å². The monoisotopic (exact) mass is 393 g/mol. The second-order valence-corrected chi connectivity index (χ2v) is 8.11. The third-order valence-electron chi connectivity index (χ3n) is 4.39. The maximum atomic E-state index is 13.4. The van der Waals surface area contributed by atoms with Gasteiger partial charge in [-0.15, -0.1) is 0 Å². The highest BCUT2D eigenvalue weighted by atomic mass is 32.2. The van der Waals surface area contributed by atoms with Crippen LogP contribution in [0.1, 0.15) is 28.8 Å². The van der Waals surface area contributed by atoms with Crippen molar-refractivity contribution >= 4 is 16.0 Å². The summed E-state index contributed by atoms with van der Waals surface area (Å²) in [5, 5.41) is 0. The average Bonchev–Trinajstić information content (AvgIpc) is 3.22. The summed E-state index contributed by atoms with van der Waals surface area (Å²) in [5.74, 6) is -0.680. The van der Waals surface area contributed by atoms with Crippen molar-refractivity contribution in [2.45, 2.75) is 24.3 Å². The molecule has 8 heteroatoms. The van der Waals surface area contributed by atoms with Crippen molar-refractivity contribution in [3.63, 3.8) is 0 Å². The molecule has 27 heavy (non-hydrogen) atoms. The van der Waals surface area contributed by atoms with E-state index in [1.165, 1.54) is 53.9 Å². The maximum Gasteiger partial charge on any atom is 0.338 e. The second-order valence-electron chi connectivity index (χ2n) is 6.17. The topological polar surface area (TPSA) is 72.9 Å². The highest BCUT2D eigenvalue weighted by Gasteiger charge is 2.27. The lowest BCUT2D eigenvalue weighted by Gasteiger charge is -2.15. The highest BCUT2D eigenvalue weighted by molar-refractivity contribution is 7.89. The molecule has 0 bridgehead atoms. The number of sulfonamides is 1. The Morgan fingerprint density at radius 1 is 1.11 bits per heavy atom. The predicted molar refractivity (Wildman–Crippen MR) is 96.5 cm³/mol. The van der Waals surface area contributed by atoms with Crippen LogP contribution in [0.25, 0.3) is 0 Å². The minimum Gasteiger partial charge on any atom is -0.496 e. The van der Waals surface area contributed by atoms with Crippen LogP contribution in [-0.2, 0) is 21.4 Å². The first-order valence-corrected chi connectivity index (χ1v) is 9.95. The number of carbonyl (C=O) groups is 1. The lowest BCUT2D eigenvalue weighted by Crippen LogP contribution is -2.27. The molecular formula is C19H20FNO5S. The molecule has 0 spiro atoms. The standard InChI is InChI=1S/C19H20FNO5S/c1-25-18-9-6-16(20)12-15(18)13-26-19(22)14-4-7-17(8-5-14)27(23,24)21-10-2-3-11-21/h4-9,12H,2-3,10-11,13H2,1H3. The number of nitrogens with zero attached hydrogens (tertiary/aromatic N) is 1. The summed E-state index contributed by atoms with van der Waals surface area (Å²) in [4.78, 5) is 12.3. The van der Waals surface area contributed by atoms with Crippen molar-refractivity contribution in [1.29, 1.82) is 0 Å². The summed E-state index contributed by atoms with van der Waals surface area (Å²) in [6.07, 6.45) is 1.71. The zero-order valence-corrected chi connectivity index (χ0v) is 15.7. The van der Waals surface area contributed by atoms with E-state index in [0.29, 0.717) is 24.4 Å². The maximum absolute atomic E-state index is 13.4. The van der Waals surface area contributed by atoms with Crippen molar-refractivity contribution in [3.05, 3.63) is 59.4 Å². The van der Waals surface area contributed by atoms with Crippen LogP contribution < -0.4 is 4.74 Å². The van der Waals surface area contributed by atoms with Gasteiger partial charge in [0.15, 0.2) is 0 Å². The van der Waals surface area contributed by atoms with Gasteiger partial charge in [-0.1, -0.05) is 0 Å². The lowest BCUT2D eigenvalue weighted by molar-refractivity contribution is 0.0469. The van der Waals surface area contributed by atoms with Crippen molar-refractivity contribution < 1.29 is 27.1 Å². The molecule has 2 aromatic carbocycles. The van der Waals surface area contributed by atoms with E-state index in [9.17, 15) is 17.6 Å². The Morgan fingerprint density at radius 2 is 1.78 bits per heavy atom. The minimum atomic E-state index is -3.53. The molecule has 0 aromatic heterocycles. The van der Waals surface area contributed by atoms with Crippen molar-refractivity contribution in [2.75, 3.05) is 20.2 Å². The molecule has 144 valence electrons. The number of rotatable bonds is 6. The number of benzene rings is 2. The molecule has 0 radical (unpaired) electrons. The van der Waals surface area contributed by atoms with Gasteiger partial charge in [0.2, 0.25) is 10.0 Å². The minimum absolute atomic E-state index is 0.146.